The number of ether oxygens (including phenoxy) is 1. The molecule has 0 saturated heterocycles. The van der Waals surface area contributed by atoms with E-state index in [1.54, 1.807) is 6.07 Å². The maximum Gasteiger partial charge on any atom is 0.308 e. The zero-order valence-corrected chi connectivity index (χ0v) is 35.8. The van der Waals surface area contributed by atoms with Crippen molar-refractivity contribution >= 4 is 46.5 Å². The minimum Gasteiger partial charge on any atom is -0.469 e. The van der Waals surface area contributed by atoms with Gasteiger partial charge >= 0.3 is 5.97 Å². The molecular weight excluding hydrogens is 789 g/mol. The molecular formula is C45H55Cl2N7O5. The van der Waals surface area contributed by atoms with Crippen LogP contribution in [0.3, 0.4) is 0 Å². The summed E-state index contributed by atoms with van der Waals surface area (Å²) < 4.78 is 8.78. The first-order valence-corrected chi connectivity index (χ1v) is 22.0. The number of nitrogens with zero attached hydrogens (tertiary/aromatic N) is 6. The molecule has 2 saturated carbocycles. The Labute approximate surface area is 356 Å². The van der Waals surface area contributed by atoms with E-state index >= 15 is 0 Å². The molecule has 0 radical (unpaired) electrons. The van der Waals surface area contributed by atoms with Crippen LogP contribution < -0.4 is 5.32 Å². The van der Waals surface area contributed by atoms with Crippen molar-refractivity contribution in [2.75, 3.05) is 32.1 Å². The first-order valence-electron chi connectivity index (χ1n) is 21.2. The number of carbonyl (C=O) groups excluding carboxylic acids is 3. The van der Waals surface area contributed by atoms with E-state index in [4.69, 9.17) is 37.9 Å². The highest BCUT2D eigenvalue weighted by Gasteiger charge is 2.32. The SMILES string of the molecule is COC(=O)C1CCC(CCN2CCc3c(nc(C(=O)Nc4cccc(-c5cccc(CC(=O)c6nc7c(n6C)CCN(C6CCC(O)CC6)C7)c5Cl)c4Cl)n3C)C2)CC1. The van der Waals surface area contributed by atoms with Gasteiger partial charge in [0.05, 0.1) is 46.3 Å². The van der Waals surface area contributed by atoms with Gasteiger partial charge in [0.25, 0.3) is 5.91 Å². The third-order valence-electron chi connectivity index (χ3n) is 13.5. The van der Waals surface area contributed by atoms with Gasteiger partial charge in [0.15, 0.2) is 11.6 Å². The predicted octanol–water partition coefficient (Wildman–Crippen LogP) is 7.19. The predicted molar refractivity (Wildman–Crippen MR) is 228 cm³/mol. The van der Waals surface area contributed by atoms with Gasteiger partial charge in [-0.15, -0.1) is 0 Å². The number of ketones is 1. The van der Waals surface area contributed by atoms with Gasteiger partial charge in [-0.05, 0) is 81.9 Å². The zero-order chi connectivity index (χ0) is 41.4. The molecule has 2 aromatic heterocycles. The summed E-state index contributed by atoms with van der Waals surface area (Å²) in [6.07, 6.45) is 10.1. The molecule has 4 aromatic rings. The van der Waals surface area contributed by atoms with Crippen LogP contribution in [-0.2, 0) is 56.0 Å². The minimum atomic E-state index is -0.348. The number of hydrogen-bond donors (Lipinski definition) is 2. The van der Waals surface area contributed by atoms with Crippen LogP contribution in [0.4, 0.5) is 5.69 Å². The van der Waals surface area contributed by atoms with Crippen LogP contribution in [0.5, 0.6) is 0 Å². The molecule has 2 fully saturated rings. The fourth-order valence-corrected chi connectivity index (χ4v) is 10.5. The number of nitrogens with one attached hydrogen (secondary N) is 1. The molecule has 4 aliphatic rings. The highest BCUT2D eigenvalue weighted by atomic mass is 35.5. The van der Waals surface area contributed by atoms with Gasteiger partial charge in [-0.3, -0.25) is 24.2 Å². The van der Waals surface area contributed by atoms with Crippen molar-refractivity contribution in [1.82, 2.24) is 28.9 Å². The number of imidazole rings is 2. The Morgan fingerprint density at radius 1 is 0.814 bits per heavy atom. The first-order chi connectivity index (χ1) is 28.5. The van der Waals surface area contributed by atoms with Gasteiger partial charge in [-0.2, -0.15) is 0 Å². The van der Waals surface area contributed by atoms with E-state index in [1.165, 1.54) is 7.11 Å². The van der Waals surface area contributed by atoms with Crippen molar-refractivity contribution < 1.29 is 24.2 Å². The molecule has 1 amide bonds. The molecule has 314 valence electrons. The van der Waals surface area contributed by atoms with Crippen molar-refractivity contribution in [3.8, 4) is 11.1 Å². The van der Waals surface area contributed by atoms with Crippen LogP contribution in [0.2, 0.25) is 10.0 Å². The van der Waals surface area contributed by atoms with Crippen molar-refractivity contribution in [2.45, 2.75) is 102 Å². The maximum absolute atomic E-state index is 13.8. The van der Waals surface area contributed by atoms with E-state index in [-0.39, 0.29) is 36.1 Å². The summed E-state index contributed by atoms with van der Waals surface area (Å²) >= 11 is 14.1. The van der Waals surface area contributed by atoms with Crippen LogP contribution in [-0.4, -0.2) is 90.6 Å². The monoisotopic (exact) mass is 843 g/mol. The Kier molecular flexibility index (Phi) is 12.6. The van der Waals surface area contributed by atoms with Gasteiger partial charge in [0.2, 0.25) is 5.78 Å². The molecule has 0 atom stereocenters. The molecule has 12 nitrogen and oxygen atoms in total. The standard InChI is InChI=1S/C45H55Cl2N7O5/c1-51-38-20-23-54(30-14-16-31(55)17-15-30)26-36(38)48-42(51)39(56)24-29-6-4-7-32(40(29)46)33-8-5-9-34(41(33)47)50-44(57)43-49-35-25-53(22-19-37(35)52(43)2)21-18-27-10-12-28(13-11-27)45(58)59-3/h4-9,27-28,30-31,55H,10-26H2,1-3H3,(H,50,57). The summed E-state index contributed by atoms with van der Waals surface area (Å²) in [6.45, 7) is 4.18. The van der Waals surface area contributed by atoms with Crippen molar-refractivity contribution in [1.29, 1.82) is 0 Å². The Balaban J connectivity index is 0.909. The number of esters is 1. The Bertz CT molecular complexity index is 2220. The van der Waals surface area contributed by atoms with Gasteiger partial charge in [0, 0.05) is 88.1 Å². The Hall–Kier alpha value is -4.07. The second-order valence-corrected chi connectivity index (χ2v) is 17.8. The van der Waals surface area contributed by atoms with E-state index in [0.29, 0.717) is 69.1 Å². The third-order valence-corrected chi connectivity index (χ3v) is 14.3. The first kappa shape index (κ1) is 41.7. The number of aliphatic hydroxyl groups is 1. The lowest BCUT2D eigenvalue weighted by Gasteiger charge is -2.37. The summed E-state index contributed by atoms with van der Waals surface area (Å²) in [6, 6.07) is 11.5. The third kappa shape index (κ3) is 8.75. The second-order valence-electron chi connectivity index (χ2n) is 17.0. The lowest BCUT2D eigenvalue weighted by Crippen LogP contribution is -2.42. The number of aliphatic hydroxyl groups excluding tert-OH is 1. The summed E-state index contributed by atoms with van der Waals surface area (Å²) in [5, 5.41) is 13.7. The average molecular weight is 845 g/mol. The highest BCUT2D eigenvalue weighted by Crippen LogP contribution is 2.39. The molecule has 59 heavy (non-hydrogen) atoms. The normalized spacial score (nSPS) is 22.4. The second kappa shape index (κ2) is 17.9. The molecule has 0 bridgehead atoms. The number of fused-ring (bicyclic) bond motifs is 2. The van der Waals surface area contributed by atoms with E-state index in [1.807, 2.05) is 53.6 Å². The number of hydrogen-bond acceptors (Lipinski definition) is 9. The highest BCUT2D eigenvalue weighted by molar-refractivity contribution is 6.39. The van der Waals surface area contributed by atoms with E-state index in [9.17, 15) is 19.5 Å². The number of rotatable bonds is 11. The Morgan fingerprint density at radius 3 is 2.19 bits per heavy atom. The number of carbonyl (C=O) groups is 3. The number of Topliss-reactive ketones (excluding diaryl/α,β-unsaturated/α-hetero) is 1. The molecule has 0 unspecified atom stereocenters. The largest absolute Gasteiger partial charge is 0.469 e. The van der Waals surface area contributed by atoms with Crippen LogP contribution in [0.15, 0.2) is 36.4 Å². The van der Waals surface area contributed by atoms with E-state index < -0.39 is 0 Å². The maximum atomic E-state index is 13.8. The zero-order valence-electron chi connectivity index (χ0n) is 34.3. The number of aromatic nitrogens is 4. The average Bonchev–Trinajstić information content (AvgIpc) is 3.76. The molecule has 4 heterocycles. The lowest BCUT2D eigenvalue weighted by molar-refractivity contribution is -0.146. The topological polar surface area (TPSA) is 135 Å². The molecule has 2 N–H and O–H groups in total. The summed E-state index contributed by atoms with van der Waals surface area (Å²) in [7, 11) is 5.28. The number of halogens is 2. The smallest absolute Gasteiger partial charge is 0.308 e. The Morgan fingerprint density at radius 2 is 1.46 bits per heavy atom. The quantitative estimate of drug-likeness (QED) is 0.119. The van der Waals surface area contributed by atoms with Crippen LogP contribution in [0, 0.1) is 11.8 Å². The van der Waals surface area contributed by atoms with Crippen LogP contribution in [0.25, 0.3) is 11.1 Å². The van der Waals surface area contributed by atoms with Crippen molar-refractivity contribution in [2.24, 2.45) is 25.9 Å². The fourth-order valence-electron chi connectivity index (χ4n) is 9.92. The van der Waals surface area contributed by atoms with Gasteiger partial charge in [0.1, 0.15) is 0 Å². The van der Waals surface area contributed by atoms with Crippen LogP contribution in [0.1, 0.15) is 107 Å². The van der Waals surface area contributed by atoms with Crippen molar-refractivity contribution in [3.63, 3.8) is 0 Å². The minimum absolute atomic E-state index is 0.0383. The molecule has 0 spiro atoms. The fraction of sp³-hybridized carbons (Fsp3) is 0.533. The number of anilines is 1. The summed E-state index contributed by atoms with van der Waals surface area (Å²) in [5.41, 5.74) is 6.45. The van der Waals surface area contributed by atoms with E-state index in [0.717, 1.165) is 113 Å². The van der Waals surface area contributed by atoms with Gasteiger partial charge in [-0.25, -0.2) is 9.97 Å². The molecule has 14 heteroatoms. The molecule has 8 rings (SSSR count). The van der Waals surface area contributed by atoms with Crippen molar-refractivity contribution in [3.05, 3.63) is 86.4 Å². The lowest BCUT2D eigenvalue weighted by atomic mass is 9.80. The number of benzene rings is 2. The summed E-state index contributed by atoms with van der Waals surface area (Å²) in [4.78, 5) is 54.1. The summed E-state index contributed by atoms with van der Waals surface area (Å²) in [5.74, 6) is 0.864. The van der Waals surface area contributed by atoms with Gasteiger partial charge < -0.3 is 24.3 Å². The molecule has 2 aliphatic carbocycles. The molecule has 2 aliphatic heterocycles. The number of amides is 1. The number of methoxy groups -OCH3 is 1. The van der Waals surface area contributed by atoms with Gasteiger partial charge in [-0.1, -0.05) is 53.5 Å². The van der Waals surface area contributed by atoms with E-state index in [2.05, 4.69) is 15.1 Å². The molecule has 2 aromatic carbocycles. The van der Waals surface area contributed by atoms with Crippen LogP contribution >= 0.6 is 23.2 Å².